The molecule has 1 aliphatic rings. The molecular formula is C22H25FN3O2S+. The van der Waals surface area contributed by atoms with Crippen LogP contribution in [0.4, 0.5) is 9.52 Å². The van der Waals surface area contributed by atoms with E-state index in [1.54, 1.807) is 11.0 Å². The lowest BCUT2D eigenvalue weighted by Crippen LogP contribution is -3.14. The SMILES string of the molecule is Cc1ccc(C(=O)N(CCC[NH+]2CCOCC2)c2nc3ccc(F)cc3s2)cc1. The normalized spacial score (nSPS) is 15.0. The molecular weight excluding hydrogens is 389 g/mol. The van der Waals surface area contributed by atoms with Crippen molar-refractivity contribution in [3.05, 3.63) is 59.4 Å². The van der Waals surface area contributed by atoms with Gasteiger partial charge >= 0.3 is 0 Å². The minimum Gasteiger partial charge on any atom is -0.370 e. The molecule has 0 saturated carbocycles. The van der Waals surface area contributed by atoms with Gasteiger partial charge in [0.05, 0.1) is 30.0 Å². The van der Waals surface area contributed by atoms with Gasteiger partial charge in [-0.1, -0.05) is 29.0 Å². The van der Waals surface area contributed by atoms with Crippen molar-refractivity contribution >= 4 is 32.6 Å². The zero-order valence-corrected chi connectivity index (χ0v) is 17.3. The zero-order chi connectivity index (χ0) is 20.2. The van der Waals surface area contributed by atoms with E-state index >= 15 is 0 Å². The molecule has 0 bridgehead atoms. The molecule has 0 aliphatic carbocycles. The summed E-state index contributed by atoms with van der Waals surface area (Å²) in [6, 6.07) is 12.1. The van der Waals surface area contributed by atoms with Crippen LogP contribution in [0.15, 0.2) is 42.5 Å². The smallest absolute Gasteiger partial charge is 0.260 e. The van der Waals surface area contributed by atoms with Crippen molar-refractivity contribution < 1.29 is 18.8 Å². The average Bonchev–Trinajstić information content (AvgIpc) is 3.15. The van der Waals surface area contributed by atoms with Crippen LogP contribution in [0.5, 0.6) is 0 Å². The maximum Gasteiger partial charge on any atom is 0.260 e. The van der Waals surface area contributed by atoms with Gasteiger partial charge < -0.3 is 9.64 Å². The lowest BCUT2D eigenvalue weighted by Gasteiger charge is -2.25. The van der Waals surface area contributed by atoms with Crippen molar-refractivity contribution in [1.82, 2.24) is 4.98 Å². The van der Waals surface area contributed by atoms with Crippen molar-refractivity contribution in [1.29, 1.82) is 0 Å². The van der Waals surface area contributed by atoms with Crippen molar-refractivity contribution in [2.75, 3.05) is 44.3 Å². The summed E-state index contributed by atoms with van der Waals surface area (Å²) in [6.45, 7) is 7.17. The molecule has 1 amide bonds. The standard InChI is InChI=1S/C22H24FN3O2S/c1-16-3-5-17(6-4-16)21(27)26(10-2-9-25-11-13-28-14-12-25)22-24-19-8-7-18(23)15-20(19)29-22/h3-8,15H,2,9-14H2,1H3/p+1. The van der Waals surface area contributed by atoms with E-state index in [-0.39, 0.29) is 11.7 Å². The Morgan fingerprint density at radius 2 is 1.97 bits per heavy atom. The number of thiazole rings is 1. The van der Waals surface area contributed by atoms with Crippen molar-refractivity contribution in [3.63, 3.8) is 0 Å². The molecule has 152 valence electrons. The van der Waals surface area contributed by atoms with E-state index in [0.29, 0.717) is 22.8 Å². The predicted molar refractivity (Wildman–Crippen MR) is 113 cm³/mol. The Hall–Kier alpha value is -2.35. The Bertz CT molecular complexity index is 983. The molecule has 0 atom stereocenters. The molecule has 4 rings (SSSR count). The highest BCUT2D eigenvalue weighted by atomic mass is 32.1. The van der Waals surface area contributed by atoms with Crippen LogP contribution in [-0.2, 0) is 4.74 Å². The topological polar surface area (TPSA) is 46.9 Å². The van der Waals surface area contributed by atoms with Crippen molar-refractivity contribution in [3.8, 4) is 0 Å². The van der Waals surface area contributed by atoms with Gasteiger partial charge in [-0.25, -0.2) is 9.37 Å². The number of ether oxygens (including phenoxy) is 1. The van der Waals surface area contributed by atoms with Gasteiger partial charge in [-0.15, -0.1) is 0 Å². The molecule has 2 aromatic carbocycles. The number of carbonyl (C=O) groups is 1. The number of carbonyl (C=O) groups excluding carboxylic acids is 1. The Kier molecular flexibility index (Phi) is 6.18. The highest BCUT2D eigenvalue weighted by molar-refractivity contribution is 7.22. The van der Waals surface area contributed by atoms with Gasteiger partial charge in [0.15, 0.2) is 5.13 Å². The summed E-state index contributed by atoms with van der Waals surface area (Å²) in [5, 5.41) is 0.619. The number of morpholine rings is 1. The van der Waals surface area contributed by atoms with Gasteiger partial charge in [-0.2, -0.15) is 0 Å². The summed E-state index contributed by atoms with van der Waals surface area (Å²) >= 11 is 1.36. The van der Waals surface area contributed by atoms with Gasteiger partial charge in [0.1, 0.15) is 18.9 Å². The largest absolute Gasteiger partial charge is 0.370 e. The molecule has 1 aromatic heterocycles. The number of nitrogens with one attached hydrogen (secondary N) is 1. The van der Waals surface area contributed by atoms with E-state index < -0.39 is 0 Å². The monoisotopic (exact) mass is 414 g/mol. The van der Waals surface area contributed by atoms with Gasteiger partial charge in [0.25, 0.3) is 5.91 Å². The lowest BCUT2D eigenvalue weighted by molar-refractivity contribution is -0.908. The third-order valence-electron chi connectivity index (χ3n) is 5.23. The molecule has 1 saturated heterocycles. The quantitative estimate of drug-likeness (QED) is 0.675. The van der Waals surface area contributed by atoms with E-state index in [4.69, 9.17) is 4.74 Å². The molecule has 0 spiro atoms. The van der Waals surface area contributed by atoms with E-state index in [2.05, 4.69) is 4.98 Å². The van der Waals surface area contributed by atoms with Crippen molar-refractivity contribution in [2.45, 2.75) is 13.3 Å². The van der Waals surface area contributed by atoms with Crippen LogP contribution in [0, 0.1) is 12.7 Å². The van der Waals surface area contributed by atoms with E-state index in [0.717, 1.165) is 49.5 Å². The summed E-state index contributed by atoms with van der Waals surface area (Å²) in [4.78, 5) is 21.1. The van der Waals surface area contributed by atoms with Gasteiger partial charge in [-0.3, -0.25) is 9.69 Å². The summed E-state index contributed by atoms with van der Waals surface area (Å²) < 4.78 is 19.8. The summed E-state index contributed by atoms with van der Waals surface area (Å²) in [5.74, 6) is -0.360. The number of aromatic nitrogens is 1. The number of fused-ring (bicyclic) bond motifs is 1. The molecule has 1 aliphatic heterocycles. The molecule has 2 heterocycles. The first-order valence-corrected chi connectivity index (χ1v) is 10.8. The Labute approximate surface area is 173 Å². The zero-order valence-electron chi connectivity index (χ0n) is 16.5. The average molecular weight is 415 g/mol. The third-order valence-corrected chi connectivity index (χ3v) is 6.27. The number of hydrogen-bond donors (Lipinski definition) is 1. The number of nitrogens with zero attached hydrogens (tertiary/aromatic N) is 2. The number of aryl methyl sites for hydroxylation is 1. The Morgan fingerprint density at radius 3 is 2.72 bits per heavy atom. The molecule has 1 fully saturated rings. The minimum atomic E-state index is -0.292. The minimum absolute atomic E-state index is 0.0681. The van der Waals surface area contributed by atoms with E-state index in [1.807, 2.05) is 31.2 Å². The molecule has 7 heteroatoms. The highest BCUT2D eigenvalue weighted by Crippen LogP contribution is 2.30. The van der Waals surface area contributed by atoms with E-state index in [1.165, 1.54) is 28.4 Å². The Morgan fingerprint density at radius 1 is 1.21 bits per heavy atom. The van der Waals surface area contributed by atoms with Crippen LogP contribution in [0.25, 0.3) is 10.2 Å². The number of halogens is 1. The second kappa shape index (κ2) is 8.98. The van der Waals surface area contributed by atoms with E-state index in [9.17, 15) is 9.18 Å². The summed E-state index contributed by atoms with van der Waals surface area (Å²) in [7, 11) is 0. The molecule has 3 aromatic rings. The molecule has 0 radical (unpaired) electrons. The number of quaternary nitrogens is 1. The maximum atomic E-state index is 13.6. The molecule has 29 heavy (non-hydrogen) atoms. The fourth-order valence-electron chi connectivity index (χ4n) is 3.54. The highest BCUT2D eigenvalue weighted by Gasteiger charge is 2.22. The van der Waals surface area contributed by atoms with Crippen LogP contribution in [0.1, 0.15) is 22.3 Å². The predicted octanol–water partition coefficient (Wildman–Crippen LogP) is 2.70. The van der Waals surface area contributed by atoms with Crippen LogP contribution >= 0.6 is 11.3 Å². The summed E-state index contributed by atoms with van der Waals surface area (Å²) in [5.41, 5.74) is 2.46. The number of benzene rings is 2. The first-order chi connectivity index (χ1) is 14.1. The van der Waals surface area contributed by atoms with Crippen LogP contribution in [-0.4, -0.2) is 50.3 Å². The number of amides is 1. The second-order valence-corrected chi connectivity index (χ2v) is 8.41. The van der Waals surface area contributed by atoms with Gasteiger partial charge in [-0.05, 0) is 37.3 Å². The van der Waals surface area contributed by atoms with Crippen molar-refractivity contribution in [2.24, 2.45) is 0 Å². The first-order valence-electron chi connectivity index (χ1n) is 9.96. The molecule has 1 N–H and O–H groups in total. The number of rotatable bonds is 6. The fourth-order valence-corrected chi connectivity index (χ4v) is 4.55. The van der Waals surface area contributed by atoms with Gasteiger partial charge in [0.2, 0.25) is 0 Å². The fraction of sp³-hybridized carbons (Fsp3) is 0.364. The summed E-state index contributed by atoms with van der Waals surface area (Å²) in [6.07, 6.45) is 0.872. The lowest BCUT2D eigenvalue weighted by atomic mass is 10.1. The van der Waals surface area contributed by atoms with Crippen LogP contribution in [0.2, 0.25) is 0 Å². The third kappa shape index (κ3) is 4.80. The second-order valence-electron chi connectivity index (χ2n) is 7.40. The maximum absolute atomic E-state index is 13.6. The molecule has 5 nitrogen and oxygen atoms in total. The number of hydrogen-bond acceptors (Lipinski definition) is 4. The Balaban J connectivity index is 1.56. The van der Waals surface area contributed by atoms with Crippen LogP contribution in [0.3, 0.4) is 0 Å². The first kappa shape index (κ1) is 19.9. The number of anilines is 1. The van der Waals surface area contributed by atoms with Gasteiger partial charge in [0, 0.05) is 18.5 Å². The molecule has 0 unspecified atom stereocenters. The van der Waals surface area contributed by atoms with Crippen LogP contribution < -0.4 is 9.80 Å².